The standard InChI is InChI=1S/C44H80O4/c1-5-7-9-18-27-33-41-39(31-23-8-6-2)35-36-40(32-26-21-16-12-10-14-19-24-29-37(3)43(45)46)42(41)34-28-22-17-13-11-15-20-25-30-38(4)44(47)48/h29-30,39-42H,5-28,31-36H2,1-4H3,(H,45,46)(H,47,48). The van der Waals surface area contributed by atoms with E-state index < -0.39 is 11.9 Å². The zero-order chi connectivity index (χ0) is 35.2. The second-order valence-corrected chi connectivity index (χ2v) is 15.6. The molecule has 280 valence electrons. The van der Waals surface area contributed by atoms with Gasteiger partial charge in [-0.2, -0.15) is 0 Å². The van der Waals surface area contributed by atoms with Crippen LogP contribution in [0.25, 0.3) is 0 Å². The molecule has 1 aliphatic carbocycles. The van der Waals surface area contributed by atoms with Crippen LogP contribution in [-0.2, 0) is 9.59 Å². The maximum atomic E-state index is 11.0. The molecular formula is C44H80O4. The van der Waals surface area contributed by atoms with E-state index >= 15 is 0 Å². The molecule has 0 aliphatic heterocycles. The van der Waals surface area contributed by atoms with E-state index in [9.17, 15) is 9.59 Å². The summed E-state index contributed by atoms with van der Waals surface area (Å²) < 4.78 is 0. The lowest BCUT2D eigenvalue weighted by atomic mass is 9.61. The van der Waals surface area contributed by atoms with E-state index in [1.54, 1.807) is 13.8 Å². The maximum absolute atomic E-state index is 11.0. The molecule has 4 nitrogen and oxygen atoms in total. The van der Waals surface area contributed by atoms with Crippen LogP contribution in [0.15, 0.2) is 23.3 Å². The number of aliphatic carboxylic acids is 2. The molecule has 0 aromatic heterocycles. The summed E-state index contributed by atoms with van der Waals surface area (Å²) in [5, 5.41) is 18.0. The lowest BCUT2D eigenvalue weighted by Crippen LogP contribution is -2.35. The van der Waals surface area contributed by atoms with E-state index in [0.29, 0.717) is 11.1 Å². The minimum absolute atomic E-state index is 0.480. The minimum atomic E-state index is -0.788. The highest BCUT2D eigenvalue weighted by Gasteiger charge is 2.37. The Labute approximate surface area is 298 Å². The number of hydrogen-bond donors (Lipinski definition) is 2. The third-order valence-electron chi connectivity index (χ3n) is 11.6. The second-order valence-electron chi connectivity index (χ2n) is 15.6. The summed E-state index contributed by atoms with van der Waals surface area (Å²) in [7, 11) is 0. The average Bonchev–Trinajstić information content (AvgIpc) is 3.07. The lowest BCUT2D eigenvalue weighted by Gasteiger charge is -2.44. The van der Waals surface area contributed by atoms with Crippen LogP contribution in [0.5, 0.6) is 0 Å². The van der Waals surface area contributed by atoms with Crippen molar-refractivity contribution in [3.8, 4) is 0 Å². The number of hydrogen-bond acceptors (Lipinski definition) is 2. The molecule has 4 heteroatoms. The SMILES string of the molecule is CCCCCCCC1C(CCCCC)CCC(CCCCCCCCCC=C(C)C(=O)O)C1CCCCCCCCCC=C(C)C(=O)O. The van der Waals surface area contributed by atoms with Crippen molar-refractivity contribution in [2.45, 2.75) is 220 Å². The molecule has 2 N–H and O–H groups in total. The molecule has 0 bridgehead atoms. The highest BCUT2D eigenvalue weighted by molar-refractivity contribution is 5.86. The van der Waals surface area contributed by atoms with Crippen LogP contribution in [0.4, 0.5) is 0 Å². The Balaban J connectivity index is 2.59. The van der Waals surface area contributed by atoms with Crippen molar-refractivity contribution < 1.29 is 19.8 Å². The fraction of sp³-hybridized carbons (Fsp3) is 0.864. The molecule has 48 heavy (non-hydrogen) atoms. The predicted molar refractivity (Wildman–Crippen MR) is 207 cm³/mol. The Kier molecular flexibility index (Phi) is 28.0. The summed E-state index contributed by atoms with van der Waals surface area (Å²) in [4.78, 5) is 21.9. The number of allylic oxidation sites excluding steroid dienone is 2. The van der Waals surface area contributed by atoms with Crippen LogP contribution >= 0.6 is 0 Å². The smallest absolute Gasteiger partial charge is 0.330 e. The maximum Gasteiger partial charge on any atom is 0.330 e. The molecule has 1 saturated carbocycles. The number of carboxylic acids is 2. The van der Waals surface area contributed by atoms with Gasteiger partial charge < -0.3 is 10.2 Å². The van der Waals surface area contributed by atoms with Gasteiger partial charge in [-0.3, -0.25) is 0 Å². The van der Waals surface area contributed by atoms with Crippen molar-refractivity contribution in [3.63, 3.8) is 0 Å². The van der Waals surface area contributed by atoms with Crippen LogP contribution in [-0.4, -0.2) is 22.2 Å². The molecule has 0 radical (unpaired) electrons. The van der Waals surface area contributed by atoms with Gasteiger partial charge in [0, 0.05) is 11.1 Å². The molecule has 1 rings (SSSR count). The van der Waals surface area contributed by atoms with Gasteiger partial charge in [0.1, 0.15) is 0 Å². The zero-order valence-electron chi connectivity index (χ0n) is 32.4. The Bertz CT molecular complexity index is 858. The van der Waals surface area contributed by atoms with Gasteiger partial charge in [-0.1, -0.05) is 167 Å². The summed E-state index contributed by atoms with van der Waals surface area (Å²) >= 11 is 0. The molecule has 0 spiro atoms. The number of carbonyl (C=O) groups is 2. The first-order chi connectivity index (χ1) is 23.3. The number of rotatable bonds is 32. The van der Waals surface area contributed by atoms with Crippen molar-refractivity contribution in [1.82, 2.24) is 0 Å². The molecule has 0 amide bonds. The van der Waals surface area contributed by atoms with Gasteiger partial charge in [0.15, 0.2) is 0 Å². The largest absolute Gasteiger partial charge is 0.478 e. The second kappa shape index (κ2) is 30.3. The molecule has 0 aromatic rings. The van der Waals surface area contributed by atoms with Crippen molar-refractivity contribution in [3.05, 3.63) is 23.3 Å². The summed E-state index contributed by atoms with van der Waals surface area (Å²) in [5.41, 5.74) is 0.961. The third kappa shape index (κ3) is 22.2. The Morgan fingerprint density at radius 3 is 1.12 bits per heavy atom. The first kappa shape index (κ1) is 44.4. The first-order valence-electron chi connectivity index (χ1n) is 21.1. The van der Waals surface area contributed by atoms with E-state index in [-0.39, 0.29) is 0 Å². The summed E-state index contributed by atoms with van der Waals surface area (Å²) in [5.74, 6) is 2.25. The van der Waals surface area contributed by atoms with Crippen LogP contribution in [0.2, 0.25) is 0 Å². The van der Waals surface area contributed by atoms with Gasteiger partial charge in [-0.05, 0) is 88.9 Å². The highest BCUT2D eigenvalue weighted by Crippen LogP contribution is 2.47. The van der Waals surface area contributed by atoms with Crippen molar-refractivity contribution in [2.75, 3.05) is 0 Å². The Morgan fingerprint density at radius 2 is 0.750 bits per heavy atom. The van der Waals surface area contributed by atoms with E-state index in [4.69, 9.17) is 10.2 Å². The van der Waals surface area contributed by atoms with Gasteiger partial charge in [0.2, 0.25) is 0 Å². The molecule has 1 aliphatic rings. The quantitative estimate of drug-likeness (QED) is 0.0551. The normalized spacial score (nSPS) is 20.3. The molecule has 4 unspecified atom stereocenters. The molecular weight excluding hydrogens is 592 g/mol. The van der Waals surface area contributed by atoms with Gasteiger partial charge in [-0.25, -0.2) is 9.59 Å². The number of unbranched alkanes of at least 4 members (excludes halogenated alkanes) is 20. The molecule has 0 saturated heterocycles. The lowest BCUT2D eigenvalue weighted by molar-refractivity contribution is -0.133. The molecule has 1 fully saturated rings. The molecule has 4 atom stereocenters. The summed E-state index contributed by atoms with van der Waals surface area (Å²) in [6, 6.07) is 0. The summed E-state index contributed by atoms with van der Waals surface area (Å²) in [6.07, 6.45) is 43.8. The van der Waals surface area contributed by atoms with Crippen LogP contribution < -0.4 is 0 Å². The first-order valence-corrected chi connectivity index (χ1v) is 21.1. The van der Waals surface area contributed by atoms with Crippen molar-refractivity contribution in [1.29, 1.82) is 0 Å². The van der Waals surface area contributed by atoms with E-state index in [2.05, 4.69) is 13.8 Å². The fourth-order valence-electron chi connectivity index (χ4n) is 8.47. The predicted octanol–water partition coefficient (Wildman–Crippen LogP) is 14.3. The molecule has 0 heterocycles. The molecule has 0 aromatic carbocycles. The van der Waals surface area contributed by atoms with Crippen molar-refractivity contribution in [2.24, 2.45) is 23.7 Å². The number of carboxylic acid groups (broad SMARTS) is 2. The van der Waals surface area contributed by atoms with Gasteiger partial charge in [-0.15, -0.1) is 0 Å². The van der Waals surface area contributed by atoms with E-state index in [1.165, 1.54) is 167 Å². The van der Waals surface area contributed by atoms with Gasteiger partial charge >= 0.3 is 11.9 Å². The topological polar surface area (TPSA) is 74.6 Å². The third-order valence-corrected chi connectivity index (χ3v) is 11.6. The van der Waals surface area contributed by atoms with E-state index in [1.807, 2.05) is 12.2 Å². The Hall–Kier alpha value is -1.58. The monoisotopic (exact) mass is 673 g/mol. The van der Waals surface area contributed by atoms with Crippen LogP contribution in [0, 0.1) is 23.7 Å². The highest BCUT2D eigenvalue weighted by atomic mass is 16.4. The van der Waals surface area contributed by atoms with Gasteiger partial charge in [0.25, 0.3) is 0 Å². The van der Waals surface area contributed by atoms with Gasteiger partial charge in [0.05, 0.1) is 0 Å². The fourth-order valence-corrected chi connectivity index (χ4v) is 8.47. The van der Waals surface area contributed by atoms with Crippen molar-refractivity contribution >= 4 is 11.9 Å². The zero-order valence-corrected chi connectivity index (χ0v) is 32.4. The Morgan fingerprint density at radius 1 is 0.458 bits per heavy atom. The minimum Gasteiger partial charge on any atom is -0.478 e. The average molecular weight is 673 g/mol. The van der Waals surface area contributed by atoms with Crippen LogP contribution in [0.3, 0.4) is 0 Å². The van der Waals surface area contributed by atoms with Crippen LogP contribution in [0.1, 0.15) is 220 Å². The summed E-state index contributed by atoms with van der Waals surface area (Å²) in [6.45, 7) is 8.07. The van der Waals surface area contributed by atoms with E-state index in [0.717, 1.165) is 49.4 Å².